The molecule has 0 saturated carbocycles. The molecule has 0 spiro atoms. The van der Waals surface area contributed by atoms with Crippen molar-refractivity contribution in [1.29, 1.82) is 0 Å². The summed E-state index contributed by atoms with van der Waals surface area (Å²) in [6.07, 6.45) is -0.471. The molecular formula is C15H21N3O3. The first-order valence-corrected chi connectivity index (χ1v) is 7.14. The lowest BCUT2D eigenvalue weighted by molar-refractivity contribution is -0.128. The minimum atomic E-state index is -0.471. The van der Waals surface area contributed by atoms with E-state index in [-0.39, 0.29) is 11.8 Å². The number of amides is 2. The van der Waals surface area contributed by atoms with Crippen LogP contribution in [-0.4, -0.2) is 44.2 Å². The minimum Gasteiger partial charge on any atom is -0.366 e. The number of aryl methyl sites for hydroxylation is 1. The topological polar surface area (TPSA) is 79.5 Å². The van der Waals surface area contributed by atoms with Crippen LogP contribution in [0.15, 0.2) is 18.2 Å². The number of ether oxygens (including phenoxy) is 1. The van der Waals surface area contributed by atoms with Crippen LogP contribution < -0.4 is 16.0 Å². The highest BCUT2D eigenvalue weighted by Gasteiger charge is 2.22. The third-order valence-corrected chi connectivity index (χ3v) is 3.30. The predicted octanol–water partition coefficient (Wildman–Crippen LogP) is 0.672. The summed E-state index contributed by atoms with van der Waals surface area (Å²) in [4.78, 5) is 23.8. The third kappa shape index (κ3) is 4.03. The lowest BCUT2D eigenvalue weighted by Gasteiger charge is -2.23. The molecule has 1 aliphatic rings. The van der Waals surface area contributed by atoms with E-state index in [4.69, 9.17) is 4.74 Å². The van der Waals surface area contributed by atoms with E-state index >= 15 is 0 Å². The summed E-state index contributed by atoms with van der Waals surface area (Å²) in [5, 5.41) is 8.70. The Labute approximate surface area is 124 Å². The number of hydrogen-bond donors (Lipinski definition) is 3. The zero-order valence-electron chi connectivity index (χ0n) is 12.4. The minimum absolute atomic E-state index is 0.113. The molecule has 1 aromatic rings. The summed E-state index contributed by atoms with van der Waals surface area (Å²) < 4.78 is 5.41. The molecule has 6 heteroatoms. The van der Waals surface area contributed by atoms with Crippen molar-refractivity contribution in [3.05, 3.63) is 29.3 Å². The number of hydrogen-bond acceptors (Lipinski definition) is 4. The smallest absolute Gasteiger partial charge is 0.254 e. The Balaban J connectivity index is 2.03. The molecule has 0 bridgehead atoms. The number of rotatable bonds is 4. The molecule has 0 aromatic heterocycles. The molecule has 2 rings (SSSR count). The van der Waals surface area contributed by atoms with E-state index in [2.05, 4.69) is 16.0 Å². The van der Waals surface area contributed by atoms with Gasteiger partial charge in [-0.05, 0) is 37.6 Å². The zero-order chi connectivity index (χ0) is 15.2. The first-order valence-electron chi connectivity index (χ1n) is 7.14. The average Bonchev–Trinajstić information content (AvgIpc) is 2.50. The second kappa shape index (κ2) is 7.19. The highest BCUT2D eigenvalue weighted by atomic mass is 16.5. The van der Waals surface area contributed by atoms with Gasteiger partial charge < -0.3 is 20.7 Å². The standard InChI is InChI=1S/C15H21N3O3/c1-3-17-14(19)11-4-5-12(10(2)8-11)18-15(20)13-9-16-6-7-21-13/h4-5,8,13,16H,3,6-7,9H2,1-2H3,(H,17,19)(H,18,20). The number of morpholine rings is 1. The fourth-order valence-corrected chi connectivity index (χ4v) is 2.15. The molecule has 1 unspecified atom stereocenters. The maximum absolute atomic E-state index is 12.1. The molecule has 1 atom stereocenters. The molecule has 2 amide bonds. The van der Waals surface area contributed by atoms with E-state index in [1.165, 1.54) is 0 Å². The molecule has 3 N–H and O–H groups in total. The van der Waals surface area contributed by atoms with Crippen LogP contribution in [0.3, 0.4) is 0 Å². The molecule has 0 aliphatic carbocycles. The summed E-state index contributed by atoms with van der Waals surface area (Å²) in [5.74, 6) is -0.283. The normalized spacial score (nSPS) is 18.1. The van der Waals surface area contributed by atoms with Gasteiger partial charge in [0, 0.05) is 30.9 Å². The van der Waals surface area contributed by atoms with Gasteiger partial charge in [-0.2, -0.15) is 0 Å². The lowest BCUT2D eigenvalue weighted by Crippen LogP contribution is -2.45. The van der Waals surface area contributed by atoms with E-state index in [0.717, 1.165) is 12.1 Å². The molecule has 6 nitrogen and oxygen atoms in total. The Morgan fingerprint density at radius 2 is 2.24 bits per heavy atom. The summed E-state index contributed by atoms with van der Waals surface area (Å²) in [6.45, 7) is 6.14. The van der Waals surface area contributed by atoms with Gasteiger partial charge >= 0.3 is 0 Å². The van der Waals surface area contributed by atoms with Crippen molar-refractivity contribution in [3.63, 3.8) is 0 Å². The van der Waals surface area contributed by atoms with Crippen LogP contribution >= 0.6 is 0 Å². The van der Waals surface area contributed by atoms with Crippen LogP contribution in [0.25, 0.3) is 0 Å². The molecule has 114 valence electrons. The average molecular weight is 291 g/mol. The van der Waals surface area contributed by atoms with Gasteiger partial charge in [-0.15, -0.1) is 0 Å². The van der Waals surface area contributed by atoms with Gasteiger partial charge in [-0.25, -0.2) is 0 Å². The van der Waals surface area contributed by atoms with E-state index in [1.54, 1.807) is 18.2 Å². The van der Waals surface area contributed by atoms with Gasteiger partial charge in [-0.1, -0.05) is 0 Å². The van der Waals surface area contributed by atoms with Crippen molar-refractivity contribution < 1.29 is 14.3 Å². The van der Waals surface area contributed by atoms with Gasteiger partial charge in [0.15, 0.2) is 0 Å². The van der Waals surface area contributed by atoms with E-state index in [9.17, 15) is 9.59 Å². The van der Waals surface area contributed by atoms with Crippen molar-refractivity contribution in [2.75, 3.05) is 31.6 Å². The first-order chi connectivity index (χ1) is 10.1. The summed E-state index contributed by atoms with van der Waals surface area (Å²) in [5.41, 5.74) is 2.13. The number of carbonyl (C=O) groups is 2. The van der Waals surface area contributed by atoms with Gasteiger partial charge in [0.1, 0.15) is 6.10 Å². The van der Waals surface area contributed by atoms with Crippen molar-refractivity contribution in [2.24, 2.45) is 0 Å². The Kier molecular flexibility index (Phi) is 5.30. The Morgan fingerprint density at radius 3 is 2.86 bits per heavy atom. The second-order valence-electron chi connectivity index (χ2n) is 4.94. The van der Waals surface area contributed by atoms with E-state index < -0.39 is 6.10 Å². The fourth-order valence-electron chi connectivity index (χ4n) is 2.15. The molecule has 1 aliphatic heterocycles. The van der Waals surface area contributed by atoms with Crippen LogP contribution in [0, 0.1) is 6.92 Å². The number of carbonyl (C=O) groups excluding carboxylic acids is 2. The largest absolute Gasteiger partial charge is 0.366 e. The molecule has 21 heavy (non-hydrogen) atoms. The summed E-state index contributed by atoms with van der Waals surface area (Å²) in [6, 6.07) is 5.21. The van der Waals surface area contributed by atoms with Gasteiger partial charge in [0.05, 0.1) is 6.61 Å². The SMILES string of the molecule is CCNC(=O)c1ccc(NC(=O)C2CNCCO2)c(C)c1. The first kappa shape index (κ1) is 15.5. The van der Waals surface area contributed by atoms with E-state index in [1.807, 2.05) is 13.8 Å². The number of benzene rings is 1. The van der Waals surface area contributed by atoms with Gasteiger partial charge in [0.25, 0.3) is 11.8 Å². The van der Waals surface area contributed by atoms with Crippen molar-refractivity contribution in [2.45, 2.75) is 20.0 Å². The predicted molar refractivity (Wildman–Crippen MR) is 80.4 cm³/mol. The maximum Gasteiger partial charge on any atom is 0.254 e. The molecular weight excluding hydrogens is 270 g/mol. The van der Waals surface area contributed by atoms with Gasteiger partial charge in [0.2, 0.25) is 0 Å². The van der Waals surface area contributed by atoms with Crippen molar-refractivity contribution in [1.82, 2.24) is 10.6 Å². The molecule has 0 radical (unpaired) electrons. The van der Waals surface area contributed by atoms with Crippen LogP contribution in [0.5, 0.6) is 0 Å². The zero-order valence-corrected chi connectivity index (χ0v) is 12.4. The van der Waals surface area contributed by atoms with Crippen LogP contribution in [0.4, 0.5) is 5.69 Å². The Morgan fingerprint density at radius 1 is 1.43 bits per heavy atom. The Bertz CT molecular complexity index is 525. The molecule has 1 aromatic carbocycles. The van der Waals surface area contributed by atoms with Crippen LogP contribution in [0.1, 0.15) is 22.8 Å². The van der Waals surface area contributed by atoms with Crippen molar-refractivity contribution >= 4 is 17.5 Å². The Hall–Kier alpha value is -1.92. The van der Waals surface area contributed by atoms with E-state index in [0.29, 0.717) is 30.9 Å². The lowest BCUT2D eigenvalue weighted by atomic mass is 10.1. The summed E-state index contributed by atoms with van der Waals surface area (Å²) in [7, 11) is 0. The quantitative estimate of drug-likeness (QED) is 0.762. The molecule has 1 heterocycles. The fraction of sp³-hybridized carbons (Fsp3) is 0.467. The highest BCUT2D eigenvalue weighted by Crippen LogP contribution is 2.17. The van der Waals surface area contributed by atoms with Crippen molar-refractivity contribution in [3.8, 4) is 0 Å². The number of nitrogens with one attached hydrogen (secondary N) is 3. The highest BCUT2D eigenvalue weighted by molar-refractivity contribution is 5.97. The molecule has 1 saturated heterocycles. The summed E-state index contributed by atoms with van der Waals surface area (Å²) >= 11 is 0. The third-order valence-electron chi connectivity index (χ3n) is 3.30. The maximum atomic E-state index is 12.1. The van der Waals surface area contributed by atoms with Gasteiger partial charge in [-0.3, -0.25) is 9.59 Å². The molecule has 1 fully saturated rings. The number of anilines is 1. The second-order valence-corrected chi connectivity index (χ2v) is 4.94. The van der Waals surface area contributed by atoms with Crippen LogP contribution in [-0.2, 0) is 9.53 Å². The van der Waals surface area contributed by atoms with Crippen LogP contribution in [0.2, 0.25) is 0 Å². The monoisotopic (exact) mass is 291 g/mol.